The molecule has 1 N–H and O–H groups in total. The van der Waals surface area contributed by atoms with Crippen LogP contribution in [0.25, 0.3) is 5.57 Å². The van der Waals surface area contributed by atoms with Crippen LogP contribution in [0.1, 0.15) is 139 Å². The van der Waals surface area contributed by atoms with Gasteiger partial charge in [-0.25, -0.2) is 0 Å². The molecule has 0 unspecified atom stereocenters. The number of nitrogens with zero attached hydrogens (tertiary/aromatic N) is 1. The molecular formula is C44H61NO3. The Morgan fingerprint density at radius 1 is 0.917 bits per heavy atom. The first-order valence-corrected chi connectivity index (χ1v) is 19.2. The number of carbonyl (C=O) groups excluding carboxylic acids is 2. The molecular weight excluding hydrogens is 590 g/mol. The summed E-state index contributed by atoms with van der Waals surface area (Å²) in [6.07, 6.45) is 11.7. The third kappa shape index (κ3) is 4.59. The molecule has 1 heterocycles. The minimum absolute atomic E-state index is 0.0353. The summed E-state index contributed by atoms with van der Waals surface area (Å²) in [5.74, 6) is 2.00. The molecule has 4 saturated carbocycles. The fourth-order valence-electron chi connectivity index (χ4n) is 13.3. The Labute approximate surface area is 290 Å². The Morgan fingerprint density at radius 2 is 1.62 bits per heavy atom. The second-order valence-corrected chi connectivity index (χ2v) is 19.4. The van der Waals surface area contributed by atoms with Gasteiger partial charge in [-0.2, -0.15) is 0 Å². The molecule has 0 radical (unpaired) electrons. The van der Waals surface area contributed by atoms with E-state index in [-0.39, 0.29) is 56.6 Å². The lowest BCUT2D eigenvalue weighted by atomic mass is 9.33. The van der Waals surface area contributed by atoms with Crippen LogP contribution in [0.3, 0.4) is 0 Å². The first-order chi connectivity index (χ1) is 22.4. The van der Waals surface area contributed by atoms with Crippen LogP contribution >= 0.6 is 0 Å². The van der Waals surface area contributed by atoms with Gasteiger partial charge in [-0.1, -0.05) is 92.6 Å². The summed E-state index contributed by atoms with van der Waals surface area (Å²) < 4.78 is 0. The normalized spacial score (nSPS) is 40.5. The van der Waals surface area contributed by atoms with Crippen molar-refractivity contribution in [2.75, 3.05) is 0 Å². The second kappa shape index (κ2) is 11.1. The molecule has 4 nitrogen and oxygen atoms in total. The summed E-state index contributed by atoms with van der Waals surface area (Å²) in [6, 6.07) is 10.4. The van der Waals surface area contributed by atoms with Crippen LogP contribution in [-0.2, 0) is 9.59 Å². The molecule has 7 rings (SSSR count). The monoisotopic (exact) mass is 651 g/mol. The zero-order chi connectivity index (χ0) is 34.7. The van der Waals surface area contributed by atoms with Crippen molar-refractivity contribution < 1.29 is 14.7 Å². The molecule has 0 bridgehead atoms. The van der Waals surface area contributed by atoms with Crippen molar-refractivity contribution in [3.63, 3.8) is 0 Å². The highest BCUT2D eigenvalue weighted by molar-refractivity contribution is 6.09. The molecule has 0 amide bonds. The lowest BCUT2D eigenvalue weighted by Crippen LogP contribution is -2.65. The lowest BCUT2D eigenvalue weighted by Gasteiger charge is -2.72. The average Bonchev–Trinajstić information content (AvgIpc) is 3.64. The smallest absolute Gasteiger partial charge is 0.160 e. The largest absolute Gasteiger partial charge is 0.393 e. The quantitative estimate of drug-likeness (QED) is 0.333. The zero-order valence-electron chi connectivity index (χ0n) is 31.3. The molecule has 4 heteroatoms. The van der Waals surface area contributed by atoms with E-state index in [1.807, 2.05) is 12.3 Å². The number of fused-ring (bicyclic) bond motifs is 7. The van der Waals surface area contributed by atoms with E-state index in [0.29, 0.717) is 24.7 Å². The average molecular weight is 652 g/mol. The topological polar surface area (TPSA) is 66.7 Å². The molecule has 0 saturated heterocycles. The van der Waals surface area contributed by atoms with Gasteiger partial charge in [0.2, 0.25) is 0 Å². The van der Waals surface area contributed by atoms with Crippen LogP contribution < -0.4 is 0 Å². The highest BCUT2D eigenvalue weighted by atomic mass is 16.3. The molecule has 48 heavy (non-hydrogen) atoms. The molecule has 8 atom stereocenters. The maximum atomic E-state index is 15.0. The number of Topliss-reactive ketones (excluding diaryl/α,β-unsaturated/α-hetero) is 2. The van der Waals surface area contributed by atoms with E-state index in [0.717, 1.165) is 62.7 Å². The summed E-state index contributed by atoms with van der Waals surface area (Å²) in [7, 11) is 0. The van der Waals surface area contributed by atoms with Gasteiger partial charge in [0.25, 0.3) is 0 Å². The Morgan fingerprint density at radius 3 is 2.31 bits per heavy atom. The minimum atomic E-state index is -0.672. The number of carbonyl (C=O) groups is 2. The number of ketones is 2. The number of benzene rings is 1. The van der Waals surface area contributed by atoms with Crippen LogP contribution in [0, 0.1) is 56.2 Å². The maximum Gasteiger partial charge on any atom is 0.160 e. The van der Waals surface area contributed by atoms with Crippen molar-refractivity contribution in [3.05, 3.63) is 53.2 Å². The van der Waals surface area contributed by atoms with Gasteiger partial charge in [0.05, 0.1) is 11.5 Å². The summed E-state index contributed by atoms with van der Waals surface area (Å²) in [4.78, 5) is 34.1. The summed E-state index contributed by atoms with van der Waals surface area (Å²) in [5, 5.41) is 11.1. The molecule has 1 aliphatic heterocycles. The predicted octanol–water partition coefficient (Wildman–Crippen LogP) is 10.2. The Hall–Kier alpha value is -2.33. The number of rotatable bonds is 6. The number of aliphatic hydroxyl groups excluding tert-OH is 1. The molecule has 1 aromatic rings. The van der Waals surface area contributed by atoms with Crippen LogP contribution in [0.5, 0.6) is 0 Å². The number of aliphatic hydroxyl groups is 1. The first-order valence-electron chi connectivity index (χ1n) is 19.2. The van der Waals surface area contributed by atoms with Crippen LogP contribution in [0.2, 0.25) is 0 Å². The Balaban J connectivity index is 1.21. The Bertz CT molecular complexity index is 1610. The highest BCUT2D eigenvalue weighted by Gasteiger charge is 2.70. The van der Waals surface area contributed by atoms with E-state index in [9.17, 15) is 9.90 Å². The molecule has 6 aliphatic rings. The molecule has 0 aromatic heterocycles. The summed E-state index contributed by atoms with van der Waals surface area (Å²) in [6.45, 7) is 21.1. The molecule has 1 aromatic carbocycles. The van der Waals surface area contributed by atoms with Gasteiger partial charge in [0.1, 0.15) is 5.78 Å². The first kappa shape index (κ1) is 34.1. The fraction of sp³-hybridized carbons (Fsp3) is 0.705. The number of aliphatic imine (C=N–C) groups is 1. The van der Waals surface area contributed by atoms with E-state index in [1.54, 1.807) is 0 Å². The summed E-state index contributed by atoms with van der Waals surface area (Å²) >= 11 is 0. The minimum Gasteiger partial charge on any atom is -0.393 e. The van der Waals surface area contributed by atoms with Crippen LogP contribution in [0.15, 0.2) is 52.7 Å². The Kier molecular flexibility index (Phi) is 7.88. The number of hydrogen-bond acceptors (Lipinski definition) is 4. The lowest BCUT2D eigenvalue weighted by molar-refractivity contribution is -0.228. The third-order valence-corrected chi connectivity index (χ3v) is 16.2. The van der Waals surface area contributed by atoms with Crippen molar-refractivity contribution in [1.82, 2.24) is 0 Å². The standard InChI is InChI=1S/C44H61NO3/c1-27(2)37-31(46)24-44(36(48)25-39(3,4)34-23-29(26-45-34)28-13-11-10-12-14-28)22-21-42(8)30(38(37)44)15-16-33-41(7)19-18-35(47)40(5,6)32(41)17-20-43(33,42)9/h10-14,26-27,30,32-33,35,47H,15-25H2,1-9H3/t30-,32+,33-,35+,41+,42-,43-,44+/m1/s1. The SMILES string of the molecule is CC(C)C1=C2[C@H]3CC[C@@H]4[C@@]5(C)CC[C@H](O)C(C)(C)[C@@H]5CC[C@@]4(C)[C@]3(C)CC[C@@]2(C(=O)CC(C)(C)C2=NC=C(c3ccccc3)C2)CC1=O. The van der Waals surface area contributed by atoms with Crippen LogP contribution in [-0.4, -0.2) is 28.5 Å². The van der Waals surface area contributed by atoms with Crippen molar-refractivity contribution in [2.45, 2.75) is 139 Å². The molecule has 4 fully saturated rings. The van der Waals surface area contributed by atoms with Gasteiger partial charge in [-0.15, -0.1) is 0 Å². The maximum absolute atomic E-state index is 15.0. The van der Waals surface area contributed by atoms with Gasteiger partial charge in [0.15, 0.2) is 5.78 Å². The third-order valence-electron chi connectivity index (χ3n) is 16.2. The highest BCUT2D eigenvalue weighted by Crippen LogP contribution is 2.76. The van der Waals surface area contributed by atoms with Crippen molar-refractivity contribution in [1.29, 1.82) is 0 Å². The van der Waals surface area contributed by atoms with E-state index < -0.39 is 5.41 Å². The van der Waals surface area contributed by atoms with Gasteiger partial charge < -0.3 is 5.11 Å². The van der Waals surface area contributed by atoms with Crippen molar-refractivity contribution in [2.24, 2.45) is 61.2 Å². The van der Waals surface area contributed by atoms with E-state index in [2.05, 4.69) is 86.6 Å². The van der Waals surface area contributed by atoms with Crippen LogP contribution in [0.4, 0.5) is 0 Å². The zero-order valence-corrected chi connectivity index (χ0v) is 31.3. The molecule has 0 spiro atoms. The van der Waals surface area contributed by atoms with E-state index in [4.69, 9.17) is 4.99 Å². The summed E-state index contributed by atoms with van der Waals surface area (Å²) in [5.41, 5.74) is 4.97. The van der Waals surface area contributed by atoms with Gasteiger partial charge in [-0.3, -0.25) is 14.6 Å². The second-order valence-electron chi connectivity index (χ2n) is 19.4. The number of allylic oxidation sites excluding steroid dienone is 3. The van der Waals surface area contributed by atoms with Gasteiger partial charge >= 0.3 is 0 Å². The molecule has 5 aliphatic carbocycles. The van der Waals surface area contributed by atoms with Crippen molar-refractivity contribution >= 4 is 22.9 Å². The van der Waals surface area contributed by atoms with Crippen molar-refractivity contribution in [3.8, 4) is 0 Å². The molecule has 260 valence electrons. The van der Waals surface area contributed by atoms with E-state index >= 15 is 4.79 Å². The predicted molar refractivity (Wildman–Crippen MR) is 195 cm³/mol. The number of hydrogen-bond donors (Lipinski definition) is 1. The fourth-order valence-corrected chi connectivity index (χ4v) is 13.3. The van der Waals surface area contributed by atoms with Gasteiger partial charge in [-0.05, 0) is 119 Å². The van der Waals surface area contributed by atoms with Gasteiger partial charge in [0, 0.05) is 36.6 Å². The van der Waals surface area contributed by atoms with E-state index in [1.165, 1.54) is 23.1 Å².